The summed E-state index contributed by atoms with van der Waals surface area (Å²) in [7, 11) is -1.51. The smallest absolute Gasteiger partial charge is 0.488 e. The Hall–Kier alpha value is -0.995. The van der Waals surface area contributed by atoms with Crippen molar-refractivity contribution in [1.29, 1.82) is 0 Å². The molecule has 0 aliphatic rings. The molecule has 0 heterocycles. The van der Waals surface area contributed by atoms with Gasteiger partial charge in [-0.25, -0.2) is 0 Å². The van der Waals surface area contributed by atoms with Crippen LogP contribution in [0, 0.1) is 0 Å². The second-order valence-corrected chi connectivity index (χ2v) is 2.61. The van der Waals surface area contributed by atoms with Crippen molar-refractivity contribution >= 4 is 12.6 Å². The highest BCUT2D eigenvalue weighted by Gasteiger charge is 2.15. The fourth-order valence-corrected chi connectivity index (χ4v) is 1.14. The molecule has 0 spiro atoms. The maximum atomic E-state index is 9.06. The van der Waals surface area contributed by atoms with Crippen LogP contribution in [0.2, 0.25) is 0 Å². The predicted molar refractivity (Wildman–Crippen MR) is 47.3 cm³/mol. The fraction of sp³-hybridized carbons (Fsp3) is 0.250. The van der Waals surface area contributed by atoms with Crippen LogP contribution in [0.3, 0.4) is 0 Å². The molecule has 0 aliphatic heterocycles. The summed E-state index contributed by atoms with van der Waals surface area (Å²) in [6.07, 6.45) is 0.716. The Kier molecular flexibility index (Phi) is 2.73. The average Bonchev–Trinajstić information content (AvgIpc) is 2.04. The third-order valence-corrected chi connectivity index (χ3v) is 1.79. The molecule has 3 N–H and O–H groups in total. The molecule has 3 nitrogen and oxygen atoms in total. The molecule has 4 heteroatoms. The molecular formula is C8H11BO3. The first kappa shape index (κ1) is 9.10. The zero-order valence-electron chi connectivity index (χ0n) is 6.86. The molecule has 0 saturated heterocycles. The summed E-state index contributed by atoms with van der Waals surface area (Å²) < 4.78 is 0. The van der Waals surface area contributed by atoms with Crippen molar-refractivity contribution in [2.45, 2.75) is 13.3 Å². The van der Waals surface area contributed by atoms with Gasteiger partial charge in [0.1, 0.15) is 5.75 Å². The first-order valence-corrected chi connectivity index (χ1v) is 3.83. The van der Waals surface area contributed by atoms with Gasteiger partial charge in [0.25, 0.3) is 0 Å². The molecule has 0 aliphatic carbocycles. The van der Waals surface area contributed by atoms with Crippen molar-refractivity contribution < 1.29 is 15.2 Å². The Morgan fingerprint density at radius 2 is 2.00 bits per heavy atom. The van der Waals surface area contributed by atoms with Crippen LogP contribution in [0.5, 0.6) is 5.75 Å². The summed E-state index contributed by atoms with van der Waals surface area (Å²) in [5.74, 6) is 0.0512. The Labute approximate surface area is 71.4 Å². The van der Waals surface area contributed by atoms with E-state index in [1.54, 1.807) is 6.07 Å². The summed E-state index contributed by atoms with van der Waals surface area (Å²) in [5.41, 5.74) is 1.21. The van der Waals surface area contributed by atoms with E-state index in [2.05, 4.69) is 0 Å². The lowest BCUT2D eigenvalue weighted by atomic mass is 9.76. The van der Waals surface area contributed by atoms with Crippen LogP contribution in [-0.4, -0.2) is 22.3 Å². The maximum absolute atomic E-state index is 9.06. The van der Waals surface area contributed by atoms with Crippen LogP contribution in [0.25, 0.3) is 0 Å². The summed E-state index contributed by atoms with van der Waals surface area (Å²) in [4.78, 5) is 0. The molecule has 0 fully saturated rings. The van der Waals surface area contributed by atoms with Gasteiger partial charge in [0.15, 0.2) is 0 Å². The Morgan fingerprint density at radius 1 is 1.33 bits per heavy atom. The van der Waals surface area contributed by atoms with Gasteiger partial charge >= 0.3 is 7.12 Å². The van der Waals surface area contributed by atoms with Crippen molar-refractivity contribution in [2.24, 2.45) is 0 Å². The summed E-state index contributed by atoms with van der Waals surface area (Å²) in [6.45, 7) is 1.91. The monoisotopic (exact) mass is 166 g/mol. The van der Waals surface area contributed by atoms with Crippen molar-refractivity contribution in [1.82, 2.24) is 0 Å². The molecule has 0 saturated carbocycles. The first-order valence-electron chi connectivity index (χ1n) is 3.83. The first-order chi connectivity index (χ1) is 5.65. The standard InChI is InChI=1S/C8H11BO3/c1-2-6-3-4-7(10)5-8(6)9(11)12/h3-5,10-12H,2H2,1H3. The van der Waals surface area contributed by atoms with Crippen LogP contribution in [0.1, 0.15) is 12.5 Å². The van der Waals surface area contributed by atoms with Gasteiger partial charge in [-0.15, -0.1) is 0 Å². The molecule has 0 amide bonds. The lowest BCUT2D eigenvalue weighted by molar-refractivity contribution is 0.424. The number of aryl methyl sites for hydroxylation is 1. The molecule has 0 bridgehead atoms. The highest BCUT2D eigenvalue weighted by atomic mass is 16.4. The number of phenolic OH excluding ortho intramolecular Hbond substituents is 1. The topological polar surface area (TPSA) is 60.7 Å². The Morgan fingerprint density at radius 3 is 2.50 bits per heavy atom. The van der Waals surface area contributed by atoms with Gasteiger partial charge in [0.05, 0.1) is 0 Å². The van der Waals surface area contributed by atoms with Crippen molar-refractivity contribution in [3.63, 3.8) is 0 Å². The number of hydrogen-bond donors (Lipinski definition) is 3. The molecule has 1 aromatic rings. The van der Waals surface area contributed by atoms with Crippen LogP contribution in [0.15, 0.2) is 18.2 Å². The van der Waals surface area contributed by atoms with Crippen molar-refractivity contribution in [3.8, 4) is 5.75 Å². The number of rotatable bonds is 2. The lowest BCUT2D eigenvalue weighted by Gasteiger charge is -2.06. The number of hydrogen-bond acceptors (Lipinski definition) is 3. The van der Waals surface area contributed by atoms with Gasteiger partial charge in [-0.05, 0) is 29.6 Å². The summed E-state index contributed by atoms with van der Waals surface area (Å²) in [5, 5.41) is 26.9. The minimum absolute atomic E-state index is 0.0512. The highest BCUT2D eigenvalue weighted by Crippen LogP contribution is 2.08. The van der Waals surface area contributed by atoms with Crippen LogP contribution in [0.4, 0.5) is 0 Å². The summed E-state index contributed by atoms with van der Waals surface area (Å²) in [6, 6.07) is 4.58. The van der Waals surface area contributed by atoms with E-state index in [0.717, 1.165) is 5.56 Å². The SMILES string of the molecule is CCc1ccc(O)cc1B(O)O. The largest absolute Gasteiger partial charge is 0.508 e. The van der Waals surface area contributed by atoms with Crippen LogP contribution >= 0.6 is 0 Å². The van der Waals surface area contributed by atoms with Gasteiger partial charge in [0, 0.05) is 0 Å². The van der Waals surface area contributed by atoms with E-state index >= 15 is 0 Å². The minimum atomic E-state index is -1.51. The zero-order valence-corrected chi connectivity index (χ0v) is 6.86. The molecule has 64 valence electrons. The number of benzene rings is 1. The molecule has 0 radical (unpaired) electrons. The van der Waals surface area contributed by atoms with E-state index < -0.39 is 7.12 Å². The fourth-order valence-electron chi connectivity index (χ4n) is 1.14. The molecule has 1 rings (SSSR count). The Bertz CT molecular complexity index is 273. The molecule has 0 aromatic heterocycles. The predicted octanol–water partition coefficient (Wildman–Crippen LogP) is -0.366. The van der Waals surface area contributed by atoms with E-state index in [1.165, 1.54) is 12.1 Å². The number of aromatic hydroxyl groups is 1. The van der Waals surface area contributed by atoms with Gasteiger partial charge in [-0.1, -0.05) is 13.0 Å². The van der Waals surface area contributed by atoms with E-state index in [0.29, 0.717) is 11.9 Å². The van der Waals surface area contributed by atoms with Crippen molar-refractivity contribution in [2.75, 3.05) is 0 Å². The minimum Gasteiger partial charge on any atom is -0.508 e. The van der Waals surface area contributed by atoms with Gasteiger partial charge in [-0.3, -0.25) is 0 Å². The second-order valence-electron chi connectivity index (χ2n) is 2.61. The van der Waals surface area contributed by atoms with Crippen LogP contribution in [-0.2, 0) is 6.42 Å². The highest BCUT2D eigenvalue weighted by molar-refractivity contribution is 6.59. The molecular weight excluding hydrogens is 155 g/mol. The lowest BCUT2D eigenvalue weighted by Crippen LogP contribution is -2.32. The maximum Gasteiger partial charge on any atom is 0.488 e. The zero-order chi connectivity index (χ0) is 9.14. The van der Waals surface area contributed by atoms with Gasteiger partial charge < -0.3 is 15.2 Å². The van der Waals surface area contributed by atoms with E-state index in [9.17, 15) is 0 Å². The normalized spacial score (nSPS) is 9.92. The van der Waals surface area contributed by atoms with Gasteiger partial charge in [0.2, 0.25) is 0 Å². The van der Waals surface area contributed by atoms with E-state index in [1.807, 2.05) is 6.92 Å². The molecule has 0 atom stereocenters. The number of phenols is 1. The van der Waals surface area contributed by atoms with Crippen LogP contribution < -0.4 is 5.46 Å². The summed E-state index contributed by atoms with van der Waals surface area (Å²) >= 11 is 0. The second kappa shape index (κ2) is 3.60. The molecule has 0 unspecified atom stereocenters. The average molecular weight is 166 g/mol. The third-order valence-electron chi connectivity index (χ3n) is 1.79. The molecule has 12 heavy (non-hydrogen) atoms. The molecule has 1 aromatic carbocycles. The van der Waals surface area contributed by atoms with E-state index in [-0.39, 0.29) is 5.75 Å². The van der Waals surface area contributed by atoms with Gasteiger partial charge in [-0.2, -0.15) is 0 Å². The third kappa shape index (κ3) is 1.78. The van der Waals surface area contributed by atoms with Crippen molar-refractivity contribution in [3.05, 3.63) is 23.8 Å². The Balaban J connectivity index is 3.12. The van der Waals surface area contributed by atoms with E-state index in [4.69, 9.17) is 15.2 Å². The quantitative estimate of drug-likeness (QED) is 0.525.